The van der Waals surface area contributed by atoms with E-state index in [9.17, 15) is 22.8 Å². The molecule has 2 aliphatic heterocycles. The van der Waals surface area contributed by atoms with Crippen LogP contribution in [-0.2, 0) is 11.2 Å². The molecule has 11 heteroatoms. The van der Waals surface area contributed by atoms with Crippen molar-refractivity contribution in [2.24, 2.45) is 15.0 Å². The molecule has 48 heavy (non-hydrogen) atoms. The number of carbonyl (C=O) groups is 2. The highest BCUT2D eigenvalue weighted by atomic mass is 32.2. The first-order chi connectivity index (χ1) is 23.1. The summed E-state index contributed by atoms with van der Waals surface area (Å²) in [5.41, 5.74) is 4.13. The molecular weight excluding hydrogens is 637 g/mol. The number of Topliss-reactive ketones (excluding diaryl/α,β-unsaturated/α-hetero) is 1. The van der Waals surface area contributed by atoms with Crippen LogP contribution in [0.1, 0.15) is 53.9 Å². The molecule has 2 aliphatic rings. The molecule has 0 aliphatic carbocycles. The summed E-state index contributed by atoms with van der Waals surface area (Å²) in [5, 5.41) is 5.74. The zero-order chi connectivity index (χ0) is 33.7. The number of aliphatic imine (C=N–C) groups is 3. The van der Waals surface area contributed by atoms with Gasteiger partial charge in [-0.15, -0.1) is 24.9 Å². The van der Waals surface area contributed by atoms with Crippen molar-refractivity contribution >= 4 is 57.1 Å². The van der Waals surface area contributed by atoms with Gasteiger partial charge in [-0.05, 0) is 90.4 Å². The lowest BCUT2D eigenvalue weighted by Crippen LogP contribution is -2.17. The number of benzene rings is 4. The normalized spacial score (nSPS) is 19.2. The van der Waals surface area contributed by atoms with Crippen molar-refractivity contribution in [2.75, 3.05) is 11.1 Å². The van der Waals surface area contributed by atoms with Crippen molar-refractivity contribution < 1.29 is 27.5 Å². The molecule has 2 heterocycles. The number of amides is 2. The Hall–Kier alpha value is -4.77. The first-order valence-corrected chi connectivity index (χ1v) is 16.7. The molecule has 1 saturated heterocycles. The van der Waals surface area contributed by atoms with E-state index >= 15 is 0 Å². The zero-order valence-corrected chi connectivity index (χ0v) is 27.0. The molecule has 2 unspecified atom stereocenters. The van der Waals surface area contributed by atoms with Gasteiger partial charge in [0, 0.05) is 29.8 Å². The summed E-state index contributed by atoms with van der Waals surface area (Å²) in [6.45, 7) is 1.89. The van der Waals surface area contributed by atoms with Crippen LogP contribution in [0.5, 0.6) is 5.75 Å². The highest BCUT2D eigenvalue weighted by Gasteiger charge is 2.31. The lowest BCUT2D eigenvalue weighted by atomic mass is 9.89. The predicted octanol–water partition coefficient (Wildman–Crippen LogP) is 9.08. The van der Waals surface area contributed by atoms with Gasteiger partial charge in [-0.1, -0.05) is 54.6 Å². The molecule has 0 saturated carbocycles. The van der Waals surface area contributed by atoms with Gasteiger partial charge in [0.1, 0.15) is 5.75 Å². The molecular formula is C37H33F3N4O3S. The Morgan fingerprint density at radius 2 is 1.81 bits per heavy atom. The van der Waals surface area contributed by atoms with E-state index in [1.54, 1.807) is 18.2 Å². The summed E-state index contributed by atoms with van der Waals surface area (Å²) in [6.07, 6.45) is 0.255. The second-order valence-corrected chi connectivity index (χ2v) is 12.9. The van der Waals surface area contributed by atoms with Gasteiger partial charge in [0.05, 0.1) is 16.8 Å². The highest BCUT2D eigenvalue weighted by Crippen LogP contribution is 2.32. The molecule has 2 atom stereocenters. The molecule has 4 aromatic carbocycles. The van der Waals surface area contributed by atoms with Gasteiger partial charge >= 0.3 is 12.4 Å². The second-order valence-electron chi connectivity index (χ2n) is 11.8. The Morgan fingerprint density at radius 1 is 1.02 bits per heavy atom. The fraction of sp³-hybridized carbons (Fsp3) is 0.270. The highest BCUT2D eigenvalue weighted by molar-refractivity contribution is 8.14. The van der Waals surface area contributed by atoms with Crippen molar-refractivity contribution in [3.63, 3.8) is 0 Å². The van der Waals surface area contributed by atoms with Crippen molar-refractivity contribution in [2.45, 2.75) is 57.3 Å². The Kier molecular flexibility index (Phi) is 10.0. The standard InChI is InChI=1S/C37H33F3N4O3S/c1-23-20-28(35-41-19-18-29(42-35)12-6-24-7-13-30(14-8-24)47-37(38,39)40)11-16-32(23)43-36(46)44-34-17-15-31(33(45)22-48-34)27-10-9-25-4-2-3-5-26(25)21-27/h2-5,7-11,13-14,16,19-21,29,31H,6,12,15,17-18,22H2,1H3,(H,43,46)/b44-34-. The van der Waals surface area contributed by atoms with Crippen LogP contribution in [0.15, 0.2) is 99.9 Å². The fourth-order valence-corrected chi connectivity index (χ4v) is 6.78. The lowest BCUT2D eigenvalue weighted by Gasteiger charge is -2.17. The topological polar surface area (TPSA) is 92.5 Å². The van der Waals surface area contributed by atoms with Gasteiger partial charge in [0.15, 0.2) is 11.6 Å². The van der Waals surface area contributed by atoms with E-state index in [2.05, 4.69) is 26.1 Å². The molecule has 6 rings (SSSR count). The van der Waals surface area contributed by atoms with Gasteiger partial charge in [0.2, 0.25) is 0 Å². The summed E-state index contributed by atoms with van der Waals surface area (Å²) in [6, 6.07) is 25.1. The fourth-order valence-electron chi connectivity index (χ4n) is 5.86. The average molecular weight is 671 g/mol. The van der Waals surface area contributed by atoms with Gasteiger partial charge < -0.3 is 10.1 Å². The zero-order valence-electron chi connectivity index (χ0n) is 26.2. The number of halogens is 3. The second kappa shape index (κ2) is 14.6. The number of ketones is 1. The summed E-state index contributed by atoms with van der Waals surface area (Å²) < 4.78 is 41.2. The van der Waals surface area contributed by atoms with Crippen molar-refractivity contribution in [3.05, 3.63) is 107 Å². The third-order valence-electron chi connectivity index (χ3n) is 8.36. The number of alkyl halides is 3. The van der Waals surface area contributed by atoms with Gasteiger partial charge in [-0.3, -0.25) is 9.79 Å². The summed E-state index contributed by atoms with van der Waals surface area (Å²) in [7, 11) is 0. The minimum atomic E-state index is -4.72. The van der Waals surface area contributed by atoms with Crippen LogP contribution < -0.4 is 10.1 Å². The maximum atomic E-state index is 13.0. The van der Waals surface area contributed by atoms with Crippen molar-refractivity contribution in [3.8, 4) is 5.75 Å². The van der Waals surface area contributed by atoms with Crippen molar-refractivity contribution in [1.29, 1.82) is 0 Å². The summed E-state index contributed by atoms with van der Waals surface area (Å²) in [4.78, 5) is 39.5. The monoisotopic (exact) mass is 670 g/mol. The summed E-state index contributed by atoms with van der Waals surface area (Å²) in [5.74, 6) is 0.512. The van der Waals surface area contributed by atoms with Crippen molar-refractivity contribution in [1.82, 2.24) is 0 Å². The van der Waals surface area contributed by atoms with Crippen LogP contribution in [0.2, 0.25) is 0 Å². The number of nitrogens with zero attached hydrogens (tertiary/aromatic N) is 3. The van der Waals surface area contributed by atoms with E-state index in [1.165, 1.54) is 23.9 Å². The minimum Gasteiger partial charge on any atom is -0.406 e. The van der Waals surface area contributed by atoms with E-state index in [-0.39, 0.29) is 29.2 Å². The number of thioether (sulfide) groups is 1. The van der Waals surface area contributed by atoms with E-state index in [0.29, 0.717) is 48.7 Å². The molecule has 0 bridgehead atoms. The predicted molar refractivity (Wildman–Crippen MR) is 186 cm³/mol. The quantitative estimate of drug-likeness (QED) is 0.212. The van der Waals surface area contributed by atoms with Crippen LogP contribution in [0, 0.1) is 6.92 Å². The molecule has 246 valence electrons. The molecule has 7 nitrogen and oxygen atoms in total. The number of aryl methyl sites for hydroxylation is 2. The number of carbonyl (C=O) groups excluding carboxylic acids is 2. The largest absolute Gasteiger partial charge is 0.573 e. The van der Waals surface area contributed by atoms with Gasteiger partial charge in [-0.2, -0.15) is 4.99 Å². The smallest absolute Gasteiger partial charge is 0.406 e. The van der Waals surface area contributed by atoms with Crippen LogP contribution in [-0.4, -0.2) is 47.1 Å². The minimum absolute atomic E-state index is 0.0242. The number of hydrogen-bond donors (Lipinski definition) is 1. The Morgan fingerprint density at radius 3 is 2.58 bits per heavy atom. The maximum Gasteiger partial charge on any atom is 0.573 e. The number of rotatable bonds is 7. The average Bonchev–Trinajstić information content (AvgIpc) is 3.25. The molecule has 0 spiro atoms. The number of fused-ring (bicyclic) bond motifs is 1. The Balaban J connectivity index is 1.04. The van der Waals surface area contributed by atoms with Crippen LogP contribution >= 0.6 is 11.8 Å². The first kappa shape index (κ1) is 33.1. The number of amidine groups is 1. The Labute approximate surface area is 280 Å². The van der Waals surface area contributed by atoms with Gasteiger partial charge in [0.25, 0.3) is 0 Å². The summed E-state index contributed by atoms with van der Waals surface area (Å²) >= 11 is 1.33. The number of urea groups is 1. The number of nitrogens with one attached hydrogen (secondary N) is 1. The van der Waals surface area contributed by atoms with E-state index in [0.717, 1.165) is 33.0 Å². The Bertz CT molecular complexity index is 1920. The number of ether oxygens (including phenoxy) is 1. The number of hydrogen-bond acceptors (Lipinski definition) is 6. The number of anilines is 1. The molecule has 1 N–H and O–H groups in total. The van der Waals surface area contributed by atoms with E-state index in [1.807, 2.05) is 61.7 Å². The molecule has 0 radical (unpaired) electrons. The van der Waals surface area contributed by atoms with Crippen LogP contribution in [0.4, 0.5) is 23.7 Å². The van der Waals surface area contributed by atoms with E-state index < -0.39 is 12.4 Å². The van der Waals surface area contributed by atoms with Crippen LogP contribution in [0.3, 0.4) is 0 Å². The van der Waals surface area contributed by atoms with Gasteiger partial charge in [-0.25, -0.2) is 9.79 Å². The maximum absolute atomic E-state index is 13.0. The molecule has 0 aromatic heterocycles. The molecule has 1 fully saturated rings. The third kappa shape index (κ3) is 8.57. The SMILES string of the molecule is Cc1cc(C2=NC(CCc3ccc(OC(F)(F)F)cc3)CC=N2)ccc1NC(=O)/N=C1/CCC(c2ccc3ccccc3c2)C(=O)CS1. The molecule has 4 aromatic rings. The third-order valence-corrected chi connectivity index (χ3v) is 9.42. The first-order valence-electron chi connectivity index (χ1n) is 15.7. The lowest BCUT2D eigenvalue weighted by molar-refractivity contribution is -0.274. The van der Waals surface area contributed by atoms with Crippen LogP contribution in [0.25, 0.3) is 10.8 Å². The van der Waals surface area contributed by atoms with E-state index in [4.69, 9.17) is 4.99 Å². The molecule has 2 amide bonds.